The van der Waals surface area contributed by atoms with E-state index in [2.05, 4.69) is 50.1 Å². The fourth-order valence-electron chi connectivity index (χ4n) is 9.03. The van der Waals surface area contributed by atoms with Crippen molar-refractivity contribution in [1.82, 2.24) is 0 Å². The molecule has 140 valence electrons. The Labute approximate surface area is 156 Å². The maximum Gasteiger partial charge on any atom is 0.194 e. The molecule has 4 heteroatoms. The van der Waals surface area contributed by atoms with Crippen molar-refractivity contribution in [3.8, 4) is 0 Å². The Bertz CT molecular complexity index is 783. The Hall–Kier alpha value is -1.10. The minimum absolute atomic E-state index is 0.126. The van der Waals surface area contributed by atoms with E-state index in [4.69, 9.17) is 0 Å². The standard InChI is InChI=1S/C22H31N2O2/c1-4-12-13-10-16-19-22(14-8-6-7-9-15(14)23(19)3)11-17(18(13)20(22)25)24(16,5-2)21(12)26/h6-9,12-13,16-21,25-26H,4-5,10-11H2,1-3H3/q+1/t12-,13-,16-,17-,18-,19-,20-,21+,22-,24-/m0/s1. The van der Waals surface area contributed by atoms with E-state index in [1.54, 1.807) is 0 Å². The lowest BCUT2D eigenvalue weighted by molar-refractivity contribution is -1.04. The molecular formula is C22H31N2O2+. The lowest BCUT2D eigenvalue weighted by Gasteiger charge is -2.67. The second kappa shape index (κ2) is 4.65. The van der Waals surface area contributed by atoms with Gasteiger partial charge in [-0.15, -0.1) is 0 Å². The van der Waals surface area contributed by atoms with Crippen molar-refractivity contribution in [3.05, 3.63) is 29.8 Å². The summed E-state index contributed by atoms with van der Waals surface area (Å²) in [5, 5.41) is 23.4. The SMILES string of the molecule is CC[C@H]1[C@@H]2C[C@H]3[C@@H]4N(C)c5ccccc5[C@@]45C[C@@H]([C@H]2[C@@H]5O)[N@@+]3(CC)[C@@H]1O. The van der Waals surface area contributed by atoms with E-state index >= 15 is 0 Å². The number of aliphatic hydroxyl groups is 2. The summed E-state index contributed by atoms with van der Waals surface area (Å²) in [6.45, 7) is 5.48. The number of hydrogen-bond acceptors (Lipinski definition) is 3. The van der Waals surface area contributed by atoms with Crippen molar-refractivity contribution in [2.75, 3.05) is 18.5 Å². The molecule has 1 aromatic carbocycles. The van der Waals surface area contributed by atoms with Gasteiger partial charge in [-0.3, -0.25) is 4.48 Å². The highest BCUT2D eigenvalue weighted by Gasteiger charge is 2.82. The second-order valence-corrected chi connectivity index (χ2v) is 9.67. The fraction of sp³-hybridized carbons (Fsp3) is 0.727. The minimum atomic E-state index is -0.272. The van der Waals surface area contributed by atoms with Crippen molar-refractivity contribution in [1.29, 1.82) is 0 Å². The van der Waals surface area contributed by atoms with Gasteiger partial charge in [0.05, 0.1) is 30.1 Å². The van der Waals surface area contributed by atoms with E-state index in [1.165, 1.54) is 17.7 Å². The highest BCUT2D eigenvalue weighted by molar-refractivity contribution is 5.66. The molecule has 1 aliphatic carbocycles. The third-order valence-corrected chi connectivity index (χ3v) is 9.67. The van der Waals surface area contributed by atoms with Gasteiger partial charge in [-0.05, 0) is 30.9 Å². The molecule has 5 heterocycles. The van der Waals surface area contributed by atoms with Gasteiger partial charge in [0, 0.05) is 37.4 Å². The molecule has 1 saturated carbocycles. The molecule has 4 saturated heterocycles. The number of benzene rings is 1. The van der Waals surface area contributed by atoms with Crippen LogP contribution in [0.5, 0.6) is 0 Å². The quantitative estimate of drug-likeness (QED) is 0.799. The smallest absolute Gasteiger partial charge is 0.194 e. The molecule has 6 aliphatic rings. The van der Waals surface area contributed by atoms with Gasteiger partial charge in [0.15, 0.2) is 6.23 Å². The molecule has 7 rings (SSSR count). The maximum absolute atomic E-state index is 11.8. The van der Waals surface area contributed by atoms with Crippen LogP contribution in [0.15, 0.2) is 24.3 Å². The number of hydrogen-bond donors (Lipinski definition) is 2. The summed E-state index contributed by atoms with van der Waals surface area (Å²) in [5.41, 5.74) is 2.55. The van der Waals surface area contributed by atoms with E-state index in [0.717, 1.165) is 23.9 Å². The molecule has 5 aliphatic heterocycles. The molecule has 1 spiro atoms. The fourth-order valence-corrected chi connectivity index (χ4v) is 9.03. The Balaban J connectivity index is 1.63. The van der Waals surface area contributed by atoms with Gasteiger partial charge < -0.3 is 15.1 Å². The maximum atomic E-state index is 11.8. The summed E-state index contributed by atoms with van der Waals surface area (Å²) in [4.78, 5) is 2.46. The number of fused-ring (bicyclic) bond motifs is 2. The van der Waals surface area contributed by atoms with Gasteiger partial charge in [0.25, 0.3) is 0 Å². The summed E-state index contributed by atoms with van der Waals surface area (Å²) in [6.07, 6.45) is 2.71. The molecule has 26 heavy (non-hydrogen) atoms. The summed E-state index contributed by atoms with van der Waals surface area (Å²) >= 11 is 0. The Morgan fingerprint density at radius 3 is 2.69 bits per heavy atom. The molecular weight excluding hydrogens is 324 g/mol. The van der Waals surface area contributed by atoms with E-state index in [1.807, 2.05) is 0 Å². The first-order valence-electron chi connectivity index (χ1n) is 10.6. The zero-order valence-corrected chi connectivity index (χ0v) is 16.0. The number of anilines is 1. The average Bonchev–Trinajstić information content (AvgIpc) is 3.04. The second-order valence-electron chi connectivity index (χ2n) is 9.67. The summed E-state index contributed by atoms with van der Waals surface area (Å²) in [6, 6.07) is 9.93. The first-order chi connectivity index (χ1) is 12.5. The van der Waals surface area contributed by atoms with Crippen LogP contribution < -0.4 is 4.90 Å². The van der Waals surface area contributed by atoms with Crippen LogP contribution >= 0.6 is 0 Å². The van der Waals surface area contributed by atoms with Gasteiger partial charge in [-0.25, -0.2) is 0 Å². The third-order valence-electron chi connectivity index (χ3n) is 9.67. The molecule has 4 nitrogen and oxygen atoms in total. The predicted molar refractivity (Wildman–Crippen MR) is 101 cm³/mol. The van der Waals surface area contributed by atoms with E-state index in [-0.39, 0.29) is 17.7 Å². The van der Waals surface area contributed by atoms with Crippen LogP contribution in [-0.4, -0.2) is 58.7 Å². The molecule has 10 atom stereocenters. The molecule has 0 unspecified atom stereocenters. The number of para-hydroxylation sites is 1. The van der Waals surface area contributed by atoms with Crippen molar-refractivity contribution >= 4 is 5.69 Å². The lowest BCUT2D eigenvalue weighted by Crippen LogP contribution is -2.82. The first kappa shape index (κ1) is 15.9. The van der Waals surface area contributed by atoms with Crippen LogP contribution in [0.4, 0.5) is 5.69 Å². The number of aliphatic hydroxyl groups excluding tert-OH is 2. The molecule has 1 aromatic rings. The summed E-state index contributed by atoms with van der Waals surface area (Å²) < 4.78 is 0.849. The predicted octanol–water partition coefficient (Wildman–Crippen LogP) is 2.09. The number of likely N-dealkylation sites (N-methyl/N-ethyl adjacent to an activating group) is 2. The monoisotopic (exact) mass is 355 g/mol. The third kappa shape index (κ3) is 1.30. The van der Waals surface area contributed by atoms with Crippen LogP contribution in [0.3, 0.4) is 0 Å². The van der Waals surface area contributed by atoms with Crippen LogP contribution in [0.2, 0.25) is 0 Å². The molecule has 5 bridgehead atoms. The minimum Gasteiger partial charge on any atom is -0.392 e. The zero-order valence-electron chi connectivity index (χ0n) is 16.0. The van der Waals surface area contributed by atoms with Crippen molar-refractivity contribution in [2.45, 2.75) is 69.0 Å². The Morgan fingerprint density at radius 1 is 1.19 bits per heavy atom. The topological polar surface area (TPSA) is 43.7 Å². The molecule has 5 fully saturated rings. The van der Waals surface area contributed by atoms with E-state index in [9.17, 15) is 10.2 Å². The van der Waals surface area contributed by atoms with Gasteiger partial charge >= 0.3 is 0 Å². The number of rotatable bonds is 2. The highest BCUT2D eigenvalue weighted by Crippen LogP contribution is 2.71. The number of piperidine rings is 4. The van der Waals surface area contributed by atoms with Crippen LogP contribution in [0.25, 0.3) is 0 Å². The number of quaternary nitrogens is 1. The average molecular weight is 356 g/mol. The zero-order chi connectivity index (χ0) is 18.0. The van der Waals surface area contributed by atoms with Crippen molar-refractivity contribution in [2.24, 2.45) is 17.8 Å². The Morgan fingerprint density at radius 2 is 1.96 bits per heavy atom. The van der Waals surface area contributed by atoms with Crippen LogP contribution in [0.1, 0.15) is 38.7 Å². The lowest BCUT2D eigenvalue weighted by atomic mass is 9.60. The van der Waals surface area contributed by atoms with Gasteiger partial charge in [-0.2, -0.15) is 0 Å². The normalized spacial score (nSPS) is 55.3. The van der Waals surface area contributed by atoms with Crippen LogP contribution in [0, 0.1) is 17.8 Å². The van der Waals surface area contributed by atoms with Crippen LogP contribution in [-0.2, 0) is 5.41 Å². The highest BCUT2D eigenvalue weighted by atomic mass is 16.3. The van der Waals surface area contributed by atoms with E-state index < -0.39 is 0 Å². The van der Waals surface area contributed by atoms with E-state index in [0.29, 0.717) is 35.9 Å². The molecule has 0 amide bonds. The number of nitrogens with zero attached hydrogens (tertiary/aromatic N) is 2. The van der Waals surface area contributed by atoms with Crippen molar-refractivity contribution < 1.29 is 14.7 Å². The van der Waals surface area contributed by atoms with Gasteiger partial charge in [-0.1, -0.05) is 25.1 Å². The van der Waals surface area contributed by atoms with Gasteiger partial charge in [0.1, 0.15) is 6.04 Å². The largest absolute Gasteiger partial charge is 0.392 e. The molecule has 2 N–H and O–H groups in total. The first-order valence-corrected chi connectivity index (χ1v) is 10.6. The van der Waals surface area contributed by atoms with Crippen molar-refractivity contribution in [3.63, 3.8) is 0 Å². The Kier molecular flexibility index (Phi) is 2.85. The summed E-state index contributed by atoms with van der Waals surface area (Å²) in [5.74, 6) is 1.18. The molecule has 0 radical (unpaired) electrons. The van der Waals surface area contributed by atoms with Gasteiger partial charge in [0.2, 0.25) is 0 Å². The molecule has 0 aromatic heterocycles. The summed E-state index contributed by atoms with van der Waals surface area (Å²) in [7, 11) is 2.22.